The van der Waals surface area contributed by atoms with Crippen LogP contribution in [0.3, 0.4) is 0 Å². The zero-order valence-corrected chi connectivity index (χ0v) is 17.7. The smallest absolute Gasteiger partial charge is 0.194 e. The highest BCUT2D eigenvalue weighted by Crippen LogP contribution is 2.34. The first-order chi connectivity index (χ1) is 14.7. The predicted octanol–water partition coefficient (Wildman–Crippen LogP) is 5.25. The van der Waals surface area contributed by atoms with E-state index in [0.717, 1.165) is 40.4 Å². The Bertz CT molecular complexity index is 1030. The van der Waals surface area contributed by atoms with Crippen molar-refractivity contribution in [3.8, 4) is 11.5 Å². The fraction of sp³-hybridized carbons (Fsp3) is 0.167. The maximum absolute atomic E-state index is 5.73. The molecule has 0 amide bonds. The first kappa shape index (κ1) is 19.9. The summed E-state index contributed by atoms with van der Waals surface area (Å²) in [6.45, 7) is 0. The first-order valence-electron chi connectivity index (χ1n) is 9.69. The molecule has 0 saturated heterocycles. The summed E-state index contributed by atoms with van der Waals surface area (Å²) in [4.78, 5) is 0. The number of anilines is 1. The van der Waals surface area contributed by atoms with Crippen molar-refractivity contribution in [2.24, 2.45) is 5.10 Å². The summed E-state index contributed by atoms with van der Waals surface area (Å²) in [7, 11) is 3.33. The number of ether oxygens (including phenoxy) is 2. The molecular weight excluding hydrogens is 394 g/mol. The Morgan fingerprint density at radius 1 is 0.900 bits per heavy atom. The molecule has 0 radical (unpaired) electrons. The molecule has 152 valence electrons. The van der Waals surface area contributed by atoms with Crippen LogP contribution in [0.4, 0.5) is 5.69 Å². The average molecular weight is 418 g/mol. The lowest BCUT2D eigenvalue weighted by Gasteiger charge is -2.25. The van der Waals surface area contributed by atoms with Crippen LogP contribution in [0.1, 0.15) is 23.6 Å². The lowest BCUT2D eigenvalue weighted by atomic mass is 9.98. The molecule has 0 aliphatic carbocycles. The van der Waals surface area contributed by atoms with Gasteiger partial charge in [-0.1, -0.05) is 30.3 Å². The van der Waals surface area contributed by atoms with Gasteiger partial charge < -0.3 is 14.8 Å². The molecule has 1 atom stereocenters. The van der Waals surface area contributed by atoms with Crippen LogP contribution < -0.4 is 14.8 Å². The van der Waals surface area contributed by atoms with Crippen molar-refractivity contribution in [3.05, 3.63) is 90.0 Å². The normalized spacial score (nSPS) is 15.5. The van der Waals surface area contributed by atoms with E-state index in [1.165, 1.54) is 0 Å². The average Bonchev–Trinajstić information content (AvgIpc) is 3.25. The Morgan fingerprint density at radius 3 is 2.10 bits per heavy atom. The fourth-order valence-electron chi connectivity index (χ4n) is 3.44. The van der Waals surface area contributed by atoms with E-state index in [0.29, 0.717) is 5.11 Å². The number of hydrogen-bond acceptors (Lipinski definition) is 4. The van der Waals surface area contributed by atoms with Crippen LogP contribution in [0.25, 0.3) is 0 Å². The van der Waals surface area contributed by atoms with Gasteiger partial charge in [0.05, 0.1) is 26.0 Å². The molecule has 1 N–H and O–H groups in total. The Hall–Kier alpha value is -3.38. The molecule has 1 aliphatic heterocycles. The van der Waals surface area contributed by atoms with Crippen molar-refractivity contribution in [1.29, 1.82) is 0 Å². The van der Waals surface area contributed by atoms with Crippen LogP contribution in [0.2, 0.25) is 0 Å². The molecule has 0 unspecified atom stereocenters. The Labute approximate surface area is 181 Å². The van der Waals surface area contributed by atoms with Gasteiger partial charge >= 0.3 is 0 Å². The number of nitrogens with zero attached hydrogens (tertiary/aromatic N) is 2. The lowest BCUT2D eigenvalue weighted by Crippen LogP contribution is -2.31. The largest absolute Gasteiger partial charge is 0.497 e. The third-order valence-electron chi connectivity index (χ3n) is 5.07. The Balaban J connectivity index is 1.64. The standard InChI is InChI=1S/C24H23N3O2S/c1-28-20-12-8-17(9-13-20)22-16-23(18-10-14-21(29-2)15-11-18)27(26-22)24(30)25-19-6-4-3-5-7-19/h3-15,23H,16H2,1-2H3,(H,25,30)/t23-/m1/s1. The number of nitrogens with one attached hydrogen (secondary N) is 1. The van der Waals surface area contributed by atoms with Crippen molar-refractivity contribution in [1.82, 2.24) is 5.01 Å². The van der Waals surface area contributed by atoms with Crippen LogP contribution in [0.5, 0.6) is 11.5 Å². The van der Waals surface area contributed by atoms with Gasteiger partial charge in [-0.25, -0.2) is 5.01 Å². The van der Waals surface area contributed by atoms with Gasteiger partial charge in [0.25, 0.3) is 0 Å². The number of para-hydroxylation sites is 1. The number of thiocarbonyl (C=S) groups is 1. The Morgan fingerprint density at radius 2 is 1.50 bits per heavy atom. The second kappa shape index (κ2) is 8.97. The summed E-state index contributed by atoms with van der Waals surface area (Å²) in [5.74, 6) is 1.65. The number of benzene rings is 3. The first-order valence-corrected chi connectivity index (χ1v) is 10.1. The molecule has 4 rings (SSSR count). The van der Waals surface area contributed by atoms with Crippen molar-refractivity contribution in [2.75, 3.05) is 19.5 Å². The summed E-state index contributed by atoms with van der Waals surface area (Å²) in [5, 5.41) is 10.6. The van der Waals surface area contributed by atoms with Gasteiger partial charge in [0.2, 0.25) is 0 Å². The zero-order chi connectivity index (χ0) is 20.9. The van der Waals surface area contributed by atoms with E-state index in [2.05, 4.69) is 17.4 Å². The molecule has 30 heavy (non-hydrogen) atoms. The minimum absolute atomic E-state index is 0.00304. The van der Waals surface area contributed by atoms with E-state index in [9.17, 15) is 0 Å². The molecule has 6 heteroatoms. The molecule has 0 fully saturated rings. The van der Waals surface area contributed by atoms with E-state index >= 15 is 0 Å². The summed E-state index contributed by atoms with van der Waals surface area (Å²) in [6.07, 6.45) is 0.745. The molecule has 5 nitrogen and oxygen atoms in total. The van der Waals surface area contributed by atoms with Gasteiger partial charge in [0.1, 0.15) is 11.5 Å². The van der Waals surface area contributed by atoms with E-state index in [-0.39, 0.29) is 6.04 Å². The van der Waals surface area contributed by atoms with E-state index in [1.54, 1.807) is 14.2 Å². The molecule has 3 aromatic carbocycles. The van der Waals surface area contributed by atoms with Crippen LogP contribution in [-0.4, -0.2) is 30.1 Å². The number of methoxy groups -OCH3 is 2. The topological polar surface area (TPSA) is 46.1 Å². The fourth-order valence-corrected chi connectivity index (χ4v) is 3.73. The lowest BCUT2D eigenvalue weighted by molar-refractivity contribution is 0.374. The third kappa shape index (κ3) is 4.28. The molecule has 1 aliphatic rings. The van der Waals surface area contributed by atoms with E-state index < -0.39 is 0 Å². The highest BCUT2D eigenvalue weighted by molar-refractivity contribution is 7.80. The van der Waals surface area contributed by atoms with Crippen LogP contribution in [0, 0.1) is 0 Å². The van der Waals surface area contributed by atoms with Gasteiger partial charge in [-0.15, -0.1) is 0 Å². The van der Waals surface area contributed by atoms with Crippen molar-refractivity contribution in [2.45, 2.75) is 12.5 Å². The quantitative estimate of drug-likeness (QED) is 0.575. The predicted molar refractivity (Wildman–Crippen MR) is 124 cm³/mol. The van der Waals surface area contributed by atoms with E-state index in [4.69, 9.17) is 26.8 Å². The minimum atomic E-state index is -0.00304. The van der Waals surface area contributed by atoms with Gasteiger partial charge in [-0.2, -0.15) is 5.10 Å². The van der Waals surface area contributed by atoms with Crippen molar-refractivity contribution < 1.29 is 9.47 Å². The highest BCUT2D eigenvalue weighted by Gasteiger charge is 2.31. The van der Waals surface area contributed by atoms with Crippen LogP contribution in [0.15, 0.2) is 84.0 Å². The van der Waals surface area contributed by atoms with Gasteiger partial charge in [-0.05, 0) is 71.9 Å². The van der Waals surface area contributed by atoms with Crippen molar-refractivity contribution >= 4 is 28.7 Å². The molecule has 0 bridgehead atoms. The monoisotopic (exact) mass is 417 g/mol. The summed E-state index contributed by atoms with van der Waals surface area (Å²) in [5.41, 5.74) is 4.10. The summed E-state index contributed by atoms with van der Waals surface area (Å²) >= 11 is 5.73. The zero-order valence-electron chi connectivity index (χ0n) is 16.9. The molecule has 3 aromatic rings. The van der Waals surface area contributed by atoms with Gasteiger partial charge in [0, 0.05) is 12.1 Å². The molecule has 0 spiro atoms. The molecule has 0 aromatic heterocycles. The maximum Gasteiger partial charge on any atom is 0.194 e. The Kier molecular flexibility index (Phi) is 5.95. The number of hydrogen-bond donors (Lipinski definition) is 1. The van der Waals surface area contributed by atoms with Crippen LogP contribution >= 0.6 is 12.2 Å². The number of hydrazone groups is 1. The van der Waals surface area contributed by atoms with Crippen LogP contribution in [-0.2, 0) is 0 Å². The molecule has 1 heterocycles. The molecule has 0 saturated carbocycles. The third-order valence-corrected chi connectivity index (χ3v) is 5.36. The summed E-state index contributed by atoms with van der Waals surface area (Å²) < 4.78 is 10.6. The second-order valence-corrected chi connectivity index (χ2v) is 7.30. The summed E-state index contributed by atoms with van der Waals surface area (Å²) in [6, 6.07) is 25.9. The number of rotatable bonds is 5. The molecular formula is C24H23N3O2S. The van der Waals surface area contributed by atoms with Gasteiger partial charge in [-0.3, -0.25) is 0 Å². The minimum Gasteiger partial charge on any atom is -0.497 e. The van der Waals surface area contributed by atoms with Gasteiger partial charge in [0.15, 0.2) is 5.11 Å². The second-order valence-electron chi connectivity index (χ2n) is 6.91. The van der Waals surface area contributed by atoms with Crippen molar-refractivity contribution in [3.63, 3.8) is 0 Å². The maximum atomic E-state index is 5.73. The van der Waals surface area contributed by atoms with E-state index in [1.807, 2.05) is 71.7 Å². The highest BCUT2D eigenvalue weighted by atomic mass is 32.1. The SMILES string of the molecule is COc1ccc(C2=NN(C(=S)Nc3ccccc3)[C@@H](c3ccc(OC)cc3)C2)cc1.